The molecule has 2 unspecified atom stereocenters. The summed E-state index contributed by atoms with van der Waals surface area (Å²) >= 11 is 0. The molecular weight excluding hydrogens is 258 g/mol. The van der Waals surface area contributed by atoms with Crippen molar-refractivity contribution in [1.29, 1.82) is 0 Å². The van der Waals surface area contributed by atoms with Gasteiger partial charge in [-0.2, -0.15) is 5.10 Å². The van der Waals surface area contributed by atoms with Crippen molar-refractivity contribution < 1.29 is 9.53 Å². The van der Waals surface area contributed by atoms with Crippen LogP contribution in [0.4, 0.5) is 0 Å². The number of hydrogen-bond acceptors (Lipinski definition) is 4. The van der Waals surface area contributed by atoms with Crippen LogP contribution in [0.3, 0.4) is 0 Å². The molecule has 6 heteroatoms. The van der Waals surface area contributed by atoms with Crippen molar-refractivity contribution in [2.75, 3.05) is 7.11 Å². The van der Waals surface area contributed by atoms with Crippen molar-refractivity contribution in [2.45, 2.75) is 32.2 Å². The molecule has 108 valence electrons. The highest BCUT2D eigenvalue weighted by Crippen LogP contribution is 2.37. The third kappa shape index (κ3) is 2.11. The maximum atomic E-state index is 12.1. The van der Waals surface area contributed by atoms with E-state index < -0.39 is 11.5 Å². The molecule has 2 rings (SSSR count). The van der Waals surface area contributed by atoms with E-state index >= 15 is 0 Å². The molecule has 0 bridgehead atoms. The number of carbonyl (C=O) groups is 1. The van der Waals surface area contributed by atoms with E-state index in [2.05, 4.69) is 10.2 Å². The zero-order valence-corrected chi connectivity index (χ0v) is 11.9. The van der Waals surface area contributed by atoms with Gasteiger partial charge in [-0.3, -0.25) is 9.36 Å². The Bertz CT molecular complexity index is 611. The number of carbonyl (C=O) groups excluding carboxylic acids is 1. The number of aryl methyl sites for hydroxylation is 1. The average molecular weight is 277 g/mol. The summed E-state index contributed by atoms with van der Waals surface area (Å²) in [6, 6.07) is 0. The van der Waals surface area contributed by atoms with Gasteiger partial charge in [0.1, 0.15) is 11.7 Å². The standard InChI is InChI=1S/C14H19N3O3/c1-4-8-14(17-10(2)15-16-13(17)19)9-6-5-7-11(14)12(18)20-3/h5-7,9,11H,4,8H2,1-3H3,(H,16,19). The average Bonchev–Trinajstić information content (AvgIpc) is 2.78. The van der Waals surface area contributed by atoms with E-state index in [1.165, 1.54) is 7.11 Å². The molecule has 0 spiro atoms. The SMILES string of the molecule is CCCC1(n2c(C)n[nH]c2=O)C=CC=CC1C(=O)OC. The fourth-order valence-corrected chi connectivity index (χ4v) is 2.91. The topological polar surface area (TPSA) is 77.0 Å². The van der Waals surface area contributed by atoms with E-state index in [1.54, 1.807) is 23.6 Å². The van der Waals surface area contributed by atoms with Crippen LogP contribution in [-0.2, 0) is 15.1 Å². The van der Waals surface area contributed by atoms with Crippen LogP contribution in [0.15, 0.2) is 29.1 Å². The number of allylic oxidation sites excluding steroid dienone is 3. The van der Waals surface area contributed by atoms with Crippen molar-refractivity contribution in [3.63, 3.8) is 0 Å². The summed E-state index contributed by atoms with van der Waals surface area (Å²) in [5, 5.41) is 6.40. The first kappa shape index (κ1) is 14.3. The number of rotatable bonds is 4. The Morgan fingerprint density at radius 1 is 1.55 bits per heavy atom. The summed E-state index contributed by atoms with van der Waals surface area (Å²) in [5.41, 5.74) is -1.07. The second kappa shape index (κ2) is 5.48. The second-order valence-corrected chi connectivity index (χ2v) is 4.90. The van der Waals surface area contributed by atoms with E-state index in [4.69, 9.17) is 4.74 Å². The largest absolute Gasteiger partial charge is 0.468 e. The lowest BCUT2D eigenvalue weighted by molar-refractivity contribution is -0.146. The molecule has 2 atom stereocenters. The molecule has 0 fully saturated rings. The zero-order valence-electron chi connectivity index (χ0n) is 11.9. The molecule has 0 aromatic carbocycles. The Kier molecular flexibility index (Phi) is 3.92. The van der Waals surface area contributed by atoms with Crippen molar-refractivity contribution in [1.82, 2.24) is 14.8 Å². The molecule has 1 N–H and O–H groups in total. The molecule has 0 amide bonds. The van der Waals surface area contributed by atoms with Gasteiger partial charge in [0.2, 0.25) is 0 Å². The van der Waals surface area contributed by atoms with Crippen molar-refractivity contribution >= 4 is 5.97 Å². The van der Waals surface area contributed by atoms with Crippen molar-refractivity contribution in [3.8, 4) is 0 Å². The highest BCUT2D eigenvalue weighted by Gasteiger charge is 2.44. The van der Waals surface area contributed by atoms with Crippen LogP contribution in [0.25, 0.3) is 0 Å². The van der Waals surface area contributed by atoms with Crippen LogP contribution in [0, 0.1) is 12.8 Å². The monoisotopic (exact) mass is 277 g/mol. The van der Waals surface area contributed by atoms with Crippen LogP contribution in [0.5, 0.6) is 0 Å². The highest BCUT2D eigenvalue weighted by molar-refractivity contribution is 5.77. The number of esters is 1. The number of nitrogens with zero attached hydrogens (tertiary/aromatic N) is 2. The minimum Gasteiger partial charge on any atom is -0.468 e. The predicted molar refractivity (Wildman–Crippen MR) is 74.3 cm³/mol. The second-order valence-electron chi connectivity index (χ2n) is 4.90. The first-order chi connectivity index (χ1) is 9.56. The lowest BCUT2D eigenvalue weighted by Crippen LogP contribution is -2.48. The van der Waals surface area contributed by atoms with Crippen LogP contribution in [0.2, 0.25) is 0 Å². The molecule has 6 nitrogen and oxygen atoms in total. The number of aromatic amines is 1. The first-order valence-corrected chi connectivity index (χ1v) is 6.65. The fourth-order valence-electron chi connectivity index (χ4n) is 2.91. The van der Waals surface area contributed by atoms with Crippen LogP contribution < -0.4 is 5.69 Å². The lowest BCUT2D eigenvalue weighted by atomic mass is 9.77. The van der Waals surface area contributed by atoms with E-state index in [0.29, 0.717) is 12.2 Å². The summed E-state index contributed by atoms with van der Waals surface area (Å²) in [5.74, 6) is -0.338. The molecule has 0 aliphatic heterocycles. The van der Waals surface area contributed by atoms with Crippen LogP contribution in [-0.4, -0.2) is 27.8 Å². The molecule has 1 aromatic heterocycles. The maximum absolute atomic E-state index is 12.1. The van der Waals surface area contributed by atoms with Gasteiger partial charge in [-0.25, -0.2) is 9.89 Å². The van der Waals surface area contributed by atoms with Gasteiger partial charge in [-0.05, 0) is 13.3 Å². The fraction of sp³-hybridized carbons (Fsp3) is 0.500. The highest BCUT2D eigenvalue weighted by atomic mass is 16.5. The van der Waals surface area contributed by atoms with Gasteiger partial charge >= 0.3 is 11.7 Å². The van der Waals surface area contributed by atoms with E-state index in [-0.39, 0.29) is 11.7 Å². The first-order valence-electron chi connectivity index (χ1n) is 6.65. The normalized spacial score (nSPS) is 24.9. The summed E-state index contributed by atoms with van der Waals surface area (Å²) in [7, 11) is 1.36. The lowest BCUT2D eigenvalue weighted by Gasteiger charge is -2.38. The number of ether oxygens (including phenoxy) is 1. The zero-order chi connectivity index (χ0) is 14.8. The number of H-pyrrole nitrogens is 1. The van der Waals surface area contributed by atoms with E-state index in [1.807, 2.05) is 19.1 Å². The molecule has 20 heavy (non-hydrogen) atoms. The summed E-state index contributed by atoms with van der Waals surface area (Å²) in [6.07, 6.45) is 8.79. The number of aromatic nitrogens is 3. The van der Waals surface area contributed by atoms with Gasteiger partial charge in [0, 0.05) is 0 Å². The molecule has 0 saturated carbocycles. The Labute approximate surface area is 117 Å². The summed E-state index contributed by atoms with van der Waals surface area (Å²) in [6.45, 7) is 3.76. The summed E-state index contributed by atoms with van der Waals surface area (Å²) < 4.78 is 6.45. The quantitative estimate of drug-likeness (QED) is 0.841. The minimum atomic E-state index is -0.759. The Balaban J connectivity index is 2.64. The van der Waals surface area contributed by atoms with Gasteiger partial charge in [-0.1, -0.05) is 37.6 Å². The van der Waals surface area contributed by atoms with Gasteiger partial charge in [-0.15, -0.1) is 0 Å². The van der Waals surface area contributed by atoms with Gasteiger partial charge in [0.25, 0.3) is 0 Å². The molecule has 1 aliphatic carbocycles. The molecule has 0 saturated heterocycles. The molecule has 0 radical (unpaired) electrons. The third-order valence-electron chi connectivity index (χ3n) is 3.70. The summed E-state index contributed by atoms with van der Waals surface area (Å²) in [4.78, 5) is 24.2. The third-order valence-corrected chi connectivity index (χ3v) is 3.70. The van der Waals surface area contributed by atoms with Crippen LogP contribution in [0.1, 0.15) is 25.6 Å². The minimum absolute atomic E-state index is 0.315. The smallest absolute Gasteiger partial charge is 0.344 e. The van der Waals surface area contributed by atoms with Gasteiger partial charge < -0.3 is 4.74 Å². The van der Waals surface area contributed by atoms with Gasteiger partial charge in [0.15, 0.2) is 0 Å². The van der Waals surface area contributed by atoms with E-state index in [0.717, 1.165) is 6.42 Å². The Hall–Kier alpha value is -2.11. The maximum Gasteiger partial charge on any atom is 0.344 e. The van der Waals surface area contributed by atoms with Crippen LogP contribution >= 0.6 is 0 Å². The van der Waals surface area contributed by atoms with E-state index in [9.17, 15) is 9.59 Å². The number of nitrogens with one attached hydrogen (secondary N) is 1. The van der Waals surface area contributed by atoms with Crippen molar-refractivity contribution in [2.24, 2.45) is 5.92 Å². The Morgan fingerprint density at radius 3 is 2.85 bits per heavy atom. The van der Waals surface area contributed by atoms with Gasteiger partial charge in [0.05, 0.1) is 12.6 Å². The number of methoxy groups -OCH3 is 1. The molecule has 1 heterocycles. The predicted octanol–water partition coefficient (Wildman–Crippen LogP) is 1.29. The van der Waals surface area contributed by atoms with Crippen molar-refractivity contribution in [3.05, 3.63) is 40.6 Å². The Morgan fingerprint density at radius 2 is 2.30 bits per heavy atom. The number of hydrogen-bond donors (Lipinski definition) is 1. The molecule has 1 aliphatic rings. The molecule has 1 aromatic rings. The molecular formula is C14H19N3O3.